The topological polar surface area (TPSA) is 35.1 Å². The van der Waals surface area contributed by atoms with Crippen molar-refractivity contribution < 1.29 is 14.1 Å². The van der Waals surface area contributed by atoms with Gasteiger partial charge in [0.25, 0.3) is 0 Å². The number of carbonyl (C=O) groups excluding carboxylic acids is 1. The summed E-state index contributed by atoms with van der Waals surface area (Å²) in [6.45, 7) is 0. The summed E-state index contributed by atoms with van der Waals surface area (Å²) in [5.41, 5.74) is 4.09. The highest BCUT2D eigenvalue weighted by atomic mass is 16.6. The van der Waals surface area contributed by atoms with Crippen molar-refractivity contribution in [1.82, 2.24) is 4.57 Å². The van der Waals surface area contributed by atoms with Gasteiger partial charge in [-0.25, -0.2) is 4.79 Å². The van der Waals surface area contributed by atoms with Crippen molar-refractivity contribution in [2.24, 2.45) is 14.1 Å². The minimum atomic E-state index is -0.645. The number of esters is 1. The van der Waals surface area contributed by atoms with E-state index in [-0.39, 0.29) is 11.6 Å². The van der Waals surface area contributed by atoms with Crippen LogP contribution in [0.3, 0.4) is 0 Å². The first kappa shape index (κ1) is 15.2. The number of benzene rings is 1. The smallest absolute Gasteiger partial charge is 0.336 e. The van der Waals surface area contributed by atoms with Crippen LogP contribution in [0.25, 0.3) is 5.57 Å². The van der Waals surface area contributed by atoms with Gasteiger partial charge in [0.05, 0.1) is 19.8 Å². The van der Waals surface area contributed by atoms with Crippen LogP contribution >= 0.6 is 0 Å². The molecule has 1 aliphatic carbocycles. The van der Waals surface area contributed by atoms with Gasteiger partial charge in [0.2, 0.25) is 0 Å². The van der Waals surface area contributed by atoms with Gasteiger partial charge >= 0.3 is 5.97 Å². The molecule has 0 amide bonds. The zero-order valence-corrected chi connectivity index (χ0v) is 14.6. The first-order valence-corrected chi connectivity index (χ1v) is 8.92. The van der Waals surface area contributed by atoms with E-state index in [1.807, 2.05) is 30.3 Å². The molecule has 2 aromatic rings. The Morgan fingerprint density at radius 1 is 1.21 bits per heavy atom. The number of nitrogens with zero attached hydrogens (tertiary/aromatic N) is 2. The van der Waals surface area contributed by atoms with E-state index in [0.29, 0.717) is 0 Å². The summed E-state index contributed by atoms with van der Waals surface area (Å²) in [5.74, 6) is -0.126. The van der Waals surface area contributed by atoms with E-state index < -0.39 is 7.28 Å². The molecule has 124 valence electrons. The molecule has 0 radical (unpaired) electrons. The van der Waals surface area contributed by atoms with E-state index in [1.54, 1.807) is 0 Å². The van der Waals surface area contributed by atoms with Crippen LogP contribution in [0.2, 0.25) is 0 Å². The number of carbonyl (C=O) groups is 1. The van der Waals surface area contributed by atoms with Crippen molar-refractivity contribution in [3.8, 4) is 0 Å². The second kappa shape index (κ2) is 5.65. The number of imidazole rings is 1. The predicted octanol–water partition coefficient (Wildman–Crippen LogP) is 0.925. The van der Waals surface area contributed by atoms with E-state index >= 15 is 0 Å². The fraction of sp³-hybridized carbons (Fsp3) is 0.368. The van der Waals surface area contributed by atoms with Crippen LogP contribution in [0.15, 0.2) is 48.2 Å². The lowest BCUT2D eigenvalue weighted by molar-refractivity contribution is -0.652. The first-order valence-electron chi connectivity index (χ1n) is 8.92. The Labute approximate surface area is 143 Å². The van der Waals surface area contributed by atoms with Crippen LogP contribution in [0.5, 0.6) is 0 Å². The third kappa shape index (κ3) is 2.30. The summed E-state index contributed by atoms with van der Waals surface area (Å²) in [4.78, 5) is 12.8. The lowest BCUT2D eigenvalue weighted by Crippen LogP contribution is -2.52. The van der Waals surface area contributed by atoms with Gasteiger partial charge in [-0.3, -0.25) is 9.13 Å². The minimum absolute atomic E-state index is 0.126. The zero-order chi connectivity index (χ0) is 16.7. The van der Waals surface area contributed by atoms with Gasteiger partial charge in [-0.05, 0) is 31.2 Å². The molecule has 1 aromatic heterocycles. The van der Waals surface area contributed by atoms with Crippen molar-refractivity contribution in [2.45, 2.75) is 31.3 Å². The van der Waals surface area contributed by atoms with Gasteiger partial charge in [0, 0.05) is 5.57 Å². The molecule has 2 aliphatic rings. The second-order valence-electron chi connectivity index (χ2n) is 7.27. The average Bonchev–Trinajstić information content (AvgIpc) is 3.24. The summed E-state index contributed by atoms with van der Waals surface area (Å²) in [5, 5.41) is 0. The highest BCUT2D eigenvalue weighted by molar-refractivity contribution is 6.62. The molecule has 5 heteroatoms. The van der Waals surface area contributed by atoms with E-state index in [2.05, 4.69) is 35.6 Å². The standard InChI is InChI=1S/C19H23BN2O2/c1-21-12-13-22(2)18(21)20-16-15(14-8-4-3-5-9-14)17(23)24-19(16)10-6-7-11-19/h3-5,8-9,12-13H,6-7,10-11,20H2,1-2H3. The molecule has 1 saturated carbocycles. The minimum Gasteiger partial charge on any atom is -0.455 e. The Morgan fingerprint density at radius 2 is 1.92 bits per heavy atom. The quantitative estimate of drug-likeness (QED) is 0.479. The molecule has 0 saturated heterocycles. The SMILES string of the molecule is Cn1cc[n+](C)c1[BH2-]C1=C(c2ccccc2)C(=O)OC12CCCC2. The van der Waals surface area contributed by atoms with Gasteiger partial charge in [-0.1, -0.05) is 30.3 Å². The third-order valence-corrected chi connectivity index (χ3v) is 6.03. The summed E-state index contributed by atoms with van der Waals surface area (Å²) >= 11 is 0. The number of hydrogen-bond donors (Lipinski definition) is 0. The number of aryl methyl sites for hydroxylation is 2. The highest BCUT2D eigenvalue weighted by Gasteiger charge is 2.46. The fourth-order valence-electron chi connectivity index (χ4n) is 4.64. The molecular formula is C19H23BN2O2. The van der Waals surface area contributed by atoms with Gasteiger partial charge < -0.3 is 4.74 Å². The molecule has 1 spiro atoms. The molecule has 0 atom stereocenters. The average molecular weight is 322 g/mol. The van der Waals surface area contributed by atoms with Crippen LogP contribution in [0, 0.1) is 0 Å². The Morgan fingerprint density at radius 3 is 2.54 bits per heavy atom. The molecule has 4 nitrogen and oxygen atoms in total. The number of rotatable bonds is 3. The second-order valence-corrected chi connectivity index (χ2v) is 7.27. The van der Waals surface area contributed by atoms with Crippen molar-refractivity contribution >= 4 is 24.5 Å². The number of hydrogen-bond acceptors (Lipinski definition) is 2. The fourth-order valence-corrected chi connectivity index (χ4v) is 4.64. The molecular weight excluding hydrogens is 299 g/mol. The Balaban J connectivity index is 1.87. The van der Waals surface area contributed by atoms with Crippen LogP contribution in [0.1, 0.15) is 31.2 Å². The maximum Gasteiger partial charge on any atom is 0.336 e. The molecule has 1 aromatic carbocycles. The van der Waals surface area contributed by atoms with Crippen molar-refractivity contribution in [2.75, 3.05) is 0 Å². The Hall–Kier alpha value is -2.30. The molecule has 2 heterocycles. The molecule has 0 unspecified atom stereocenters. The maximum absolute atomic E-state index is 12.8. The molecule has 1 aliphatic heterocycles. The number of aromatic nitrogens is 2. The first-order chi connectivity index (χ1) is 11.6. The normalized spacial score (nSPS) is 19.3. The van der Waals surface area contributed by atoms with Gasteiger partial charge in [0.15, 0.2) is 0 Å². The summed E-state index contributed by atoms with van der Waals surface area (Å²) in [7, 11) is 3.52. The molecule has 0 N–H and O–H groups in total. The van der Waals surface area contributed by atoms with Gasteiger partial charge in [-0.15, -0.1) is 0 Å². The van der Waals surface area contributed by atoms with Crippen LogP contribution in [-0.2, 0) is 23.6 Å². The van der Waals surface area contributed by atoms with Gasteiger partial charge in [-0.2, -0.15) is 5.47 Å². The van der Waals surface area contributed by atoms with Crippen LogP contribution in [-0.4, -0.2) is 23.4 Å². The predicted molar refractivity (Wildman–Crippen MR) is 95.4 cm³/mol. The van der Waals surface area contributed by atoms with E-state index in [1.165, 1.54) is 11.2 Å². The lowest BCUT2D eigenvalue weighted by Gasteiger charge is -2.29. The zero-order valence-electron chi connectivity index (χ0n) is 14.6. The Kier molecular flexibility index (Phi) is 3.59. The van der Waals surface area contributed by atoms with E-state index in [4.69, 9.17) is 4.74 Å². The largest absolute Gasteiger partial charge is 0.455 e. The molecule has 24 heavy (non-hydrogen) atoms. The molecule has 0 bridgehead atoms. The van der Waals surface area contributed by atoms with Crippen molar-refractivity contribution in [1.29, 1.82) is 0 Å². The van der Waals surface area contributed by atoms with E-state index in [9.17, 15) is 4.79 Å². The summed E-state index contributed by atoms with van der Waals surface area (Å²) in [6, 6.07) is 10.0. The van der Waals surface area contributed by atoms with E-state index in [0.717, 1.165) is 36.8 Å². The lowest BCUT2D eigenvalue weighted by atomic mass is 9.59. The third-order valence-electron chi connectivity index (χ3n) is 6.03. The maximum atomic E-state index is 12.8. The summed E-state index contributed by atoms with van der Waals surface area (Å²) in [6.07, 6.45) is 8.40. The molecule has 4 rings (SSSR count). The van der Waals surface area contributed by atoms with Crippen molar-refractivity contribution in [3.63, 3.8) is 0 Å². The number of ether oxygens (including phenoxy) is 1. The Bertz CT molecular complexity index is 798. The highest BCUT2D eigenvalue weighted by Crippen LogP contribution is 2.47. The van der Waals surface area contributed by atoms with Crippen LogP contribution in [0.4, 0.5) is 0 Å². The van der Waals surface area contributed by atoms with Crippen molar-refractivity contribution in [3.05, 3.63) is 53.8 Å². The monoisotopic (exact) mass is 322 g/mol. The van der Waals surface area contributed by atoms with Crippen LogP contribution < -0.4 is 10.3 Å². The summed E-state index contributed by atoms with van der Waals surface area (Å²) < 4.78 is 10.4. The van der Waals surface area contributed by atoms with Gasteiger partial charge in [0.1, 0.15) is 25.3 Å². The molecule has 1 fully saturated rings.